The zero-order valence-corrected chi connectivity index (χ0v) is 16.8. The maximum atomic E-state index is 12.2. The largest absolute Gasteiger partial charge is 0.370 e. The molecule has 0 aromatic carbocycles. The van der Waals surface area contributed by atoms with Crippen molar-refractivity contribution >= 4 is 5.91 Å². The molecule has 7 heteroatoms. The minimum atomic E-state index is -0.0109. The molecule has 3 aliphatic rings. The fourth-order valence-corrected chi connectivity index (χ4v) is 5.33. The van der Waals surface area contributed by atoms with E-state index < -0.39 is 0 Å². The molecule has 4 atom stereocenters. The molecule has 1 aromatic rings. The number of fused-ring (bicyclic) bond motifs is 1. The van der Waals surface area contributed by atoms with Gasteiger partial charge < -0.3 is 10.1 Å². The van der Waals surface area contributed by atoms with Crippen LogP contribution in [0.25, 0.3) is 0 Å². The SMILES string of the molecule is Cc1nc(CN2C[C@@H]3[C@H](CNC(=O)CCCC(C)C)[C@H]4CC[C@]3(C2)O4)n[nH]1. The number of likely N-dealkylation sites (tertiary alicyclic amines) is 1. The van der Waals surface area contributed by atoms with E-state index in [2.05, 4.69) is 39.2 Å². The van der Waals surface area contributed by atoms with Gasteiger partial charge in [0, 0.05) is 37.9 Å². The number of aromatic amines is 1. The molecular formula is C20H33N5O2. The quantitative estimate of drug-likeness (QED) is 0.726. The molecule has 0 unspecified atom stereocenters. The number of nitrogens with one attached hydrogen (secondary N) is 2. The van der Waals surface area contributed by atoms with E-state index in [0.717, 1.165) is 63.5 Å². The van der Waals surface area contributed by atoms with Crippen LogP contribution in [0.2, 0.25) is 0 Å². The summed E-state index contributed by atoms with van der Waals surface area (Å²) in [6.07, 6.45) is 5.32. The molecule has 0 radical (unpaired) electrons. The van der Waals surface area contributed by atoms with Crippen molar-refractivity contribution in [3.63, 3.8) is 0 Å². The zero-order valence-electron chi connectivity index (χ0n) is 16.8. The molecule has 0 saturated carbocycles. The zero-order chi connectivity index (χ0) is 19.0. The molecule has 7 nitrogen and oxygen atoms in total. The first-order valence-corrected chi connectivity index (χ1v) is 10.5. The molecule has 0 aliphatic carbocycles. The Morgan fingerprint density at radius 1 is 1.48 bits per heavy atom. The second-order valence-corrected chi connectivity index (χ2v) is 9.13. The maximum absolute atomic E-state index is 12.2. The monoisotopic (exact) mass is 375 g/mol. The van der Waals surface area contributed by atoms with Crippen molar-refractivity contribution in [2.45, 2.75) is 71.1 Å². The Hall–Kier alpha value is -1.47. The molecule has 2 bridgehead atoms. The average Bonchev–Trinajstić information content (AvgIpc) is 3.33. The van der Waals surface area contributed by atoms with Crippen molar-refractivity contribution in [3.8, 4) is 0 Å². The molecule has 4 heterocycles. The molecule has 4 rings (SSSR count). The first kappa shape index (κ1) is 18.9. The van der Waals surface area contributed by atoms with Gasteiger partial charge in [-0.05, 0) is 32.1 Å². The number of rotatable bonds is 8. The Labute approximate surface area is 161 Å². The third-order valence-electron chi connectivity index (χ3n) is 6.58. The Kier molecular flexibility index (Phi) is 5.25. The van der Waals surface area contributed by atoms with E-state index in [1.165, 1.54) is 0 Å². The van der Waals surface area contributed by atoms with Crippen molar-refractivity contribution in [2.75, 3.05) is 19.6 Å². The maximum Gasteiger partial charge on any atom is 0.220 e. The summed E-state index contributed by atoms with van der Waals surface area (Å²) in [6.45, 7) is 9.83. The summed E-state index contributed by atoms with van der Waals surface area (Å²) in [6, 6.07) is 0. The highest BCUT2D eigenvalue weighted by atomic mass is 16.5. The molecule has 150 valence electrons. The van der Waals surface area contributed by atoms with Crippen molar-refractivity contribution in [2.24, 2.45) is 17.8 Å². The predicted molar refractivity (Wildman–Crippen MR) is 102 cm³/mol. The van der Waals surface area contributed by atoms with Gasteiger partial charge in [0.15, 0.2) is 5.82 Å². The topological polar surface area (TPSA) is 83.1 Å². The van der Waals surface area contributed by atoms with E-state index in [1.807, 2.05) is 6.92 Å². The molecule has 1 spiro atoms. The Morgan fingerprint density at radius 2 is 2.33 bits per heavy atom. The van der Waals surface area contributed by atoms with Crippen LogP contribution in [-0.2, 0) is 16.1 Å². The van der Waals surface area contributed by atoms with Crippen LogP contribution in [0.5, 0.6) is 0 Å². The van der Waals surface area contributed by atoms with Gasteiger partial charge in [-0.2, -0.15) is 5.10 Å². The van der Waals surface area contributed by atoms with Crippen molar-refractivity contribution < 1.29 is 9.53 Å². The third-order valence-corrected chi connectivity index (χ3v) is 6.58. The van der Waals surface area contributed by atoms with Gasteiger partial charge in [0.1, 0.15) is 5.82 Å². The first-order chi connectivity index (χ1) is 12.9. The molecule has 3 aliphatic heterocycles. The van der Waals surface area contributed by atoms with E-state index in [4.69, 9.17) is 4.74 Å². The van der Waals surface area contributed by atoms with Gasteiger partial charge in [-0.3, -0.25) is 14.8 Å². The smallest absolute Gasteiger partial charge is 0.220 e. The molecule has 27 heavy (non-hydrogen) atoms. The van der Waals surface area contributed by atoms with E-state index >= 15 is 0 Å². The minimum Gasteiger partial charge on any atom is -0.370 e. The summed E-state index contributed by atoms with van der Waals surface area (Å²) in [5.41, 5.74) is -0.0109. The number of carbonyl (C=O) groups is 1. The van der Waals surface area contributed by atoms with Crippen LogP contribution in [0, 0.1) is 24.7 Å². The molecule has 2 N–H and O–H groups in total. The van der Waals surface area contributed by atoms with Crippen LogP contribution < -0.4 is 5.32 Å². The summed E-state index contributed by atoms with van der Waals surface area (Å²) in [5.74, 6) is 3.51. The molecule has 1 amide bonds. The summed E-state index contributed by atoms with van der Waals surface area (Å²) in [5, 5.41) is 10.4. The Morgan fingerprint density at radius 3 is 3.07 bits per heavy atom. The fourth-order valence-electron chi connectivity index (χ4n) is 5.33. The molecule has 3 fully saturated rings. The van der Waals surface area contributed by atoms with E-state index in [9.17, 15) is 4.79 Å². The number of H-pyrrole nitrogens is 1. The van der Waals surface area contributed by atoms with Crippen LogP contribution in [0.4, 0.5) is 0 Å². The standard InChI is InChI=1S/C20H33N5O2/c1-13(2)5-4-6-19(26)21-9-15-16-10-25(11-18-22-14(3)23-24-18)12-20(16)8-7-17(15)27-20/h13,15-17H,4-12H2,1-3H3,(H,21,26)(H,22,23,24)/t15-,16+,17+,20+/m0/s1. The van der Waals surface area contributed by atoms with E-state index in [1.54, 1.807) is 0 Å². The van der Waals surface area contributed by atoms with Crippen molar-refractivity contribution in [1.29, 1.82) is 0 Å². The van der Waals surface area contributed by atoms with Gasteiger partial charge in [0.05, 0.1) is 18.2 Å². The van der Waals surface area contributed by atoms with Crippen LogP contribution >= 0.6 is 0 Å². The Balaban J connectivity index is 1.31. The molecule has 1 aromatic heterocycles. The normalized spacial score (nSPS) is 32.4. The van der Waals surface area contributed by atoms with Crippen molar-refractivity contribution in [3.05, 3.63) is 11.6 Å². The second kappa shape index (κ2) is 7.51. The van der Waals surface area contributed by atoms with Gasteiger partial charge in [0.2, 0.25) is 5.91 Å². The highest BCUT2D eigenvalue weighted by molar-refractivity contribution is 5.75. The van der Waals surface area contributed by atoms with E-state index in [-0.39, 0.29) is 11.5 Å². The van der Waals surface area contributed by atoms with Gasteiger partial charge in [0.25, 0.3) is 0 Å². The number of ether oxygens (including phenoxy) is 1. The third kappa shape index (κ3) is 3.90. The Bertz CT molecular complexity index is 675. The summed E-state index contributed by atoms with van der Waals surface area (Å²) in [4.78, 5) is 19.1. The highest BCUT2D eigenvalue weighted by Crippen LogP contribution is 2.54. The van der Waals surface area contributed by atoms with Crippen LogP contribution in [0.1, 0.15) is 57.6 Å². The lowest BCUT2D eigenvalue weighted by molar-refractivity contribution is -0.121. The number of hydrogen-bond acceptors (Lipinski definition) is 5. The van der Waals surface area contributed by atoms with Crippen LogP contribution in [-0.4, -0.2) is 57.3 Å². The number of carbonyl (C=O) groups excluding carboxylic acids is 1. The number of amides is 1. The number of hydrogen-bond donors (Lipinski definition) is 2. The second-order valence-electron chi connectivity index (χ2n) is 9.13. The van der Waals surface area contributed by atoms with E-state index in [0.29, 0.717) is 30.3 Å². The van der Waals surface area contributed by atoms with Gasteiger partial charge in [-0.1, -0.05) is 20.3 Å². The lowest BCUT2D eigenvalue weighted by atomic mass is 9.73. The van der Waals surface area contributed by atoms with Gasteiger partial charge >= 0.3 is 0 Å². The number of aromatic nitrogens is 3. The first-order valence-electron chi connectivity index (χ1n) is 10.5. The van der Waals surface area contributed by atoms with Gasteiger partial charge in [-0.25, -0.2) is 4.98 Å². The summed E-state index contributed by atoms with van der Waals surface area (Å²) >= 11 is 0. The van der Waals surface area contributed by atoms with Gasteiger partial charge in [-0.15, -0.1) is 0 Å². The number of nitrogens with zero attached hydrogens (tertiary/aromatic N) is 3. The molecular weight excluding hydrogens is 342 g/mol. The minimum absolute atomic E-state index is 0.0109. The van der Waals surface area contributed by atoms with Crippen LogP contribution in [0.15, 0.2) is 0 Å². The molecule has 3 saturated heterocycles. The number of aryl methyl sites for hydroxylation is 1. The fraction of sp³-hybridized carbons (Fsp3) is 0.850. The predicted octanol–water partition coefficient (Wildman–Crippen LogP) is 2.04. The van der Waals surface area contributed by atoms with Crippen LogP contribution in [0.3, 0.4) is 0 Å². The van der Waals surface area contributed by atoms with Crippen molar-refractivity contribution in [1.82, 2.24) is 25.4 Å². The summed E-state index contributed by atoms with van der Waals surface area (Å²) in [7, 11) is 0. The highest BCUT2D eigenvalue weighted by Gasteiger charge is 2.62. The lowest BCUT2D eigenvalue weighted by Gasteiger charge is -2.29. The lowest BCUT2D eigenvalue weighted by Crippen LogP contribution is -2.41. The summed E-state index contributed by atoms with van der Waals surface area (Å²) < 4.78 is 6.47. The average molecular weight is 376 g/mol.